The first-order valence-electron chi connectivity index (χ1n) is 4.93. The molecule has 2 N–H and O–H groups in total. The van der Waals surface area contributed by atoms with Crippen molar-refractivity contribution >= 4 is 11.0 Å². The Morgan fingerprint density at radius 3 is 2.47 bits per heavy atom. The number of methoxy groups -OCH3 is 1. The minimum absolute atomic E-state index is 0.247. The molecule has 0 fully saturated rings. The second-order valence-corrected chi connectivity index (χ2v) is 3.52. The molecule has 0 bridgehead atoms. The Balaban J connectivity index is 2.32. The van der Waals surface area contributed by atoms with Crippen LogP contribution in [0.15, 0.2) is 29.6 Å². The lowest BCUT2D eigenvalue weighted by Crippen LogP contribution is -1.99. The van der Waals surface area contributed by atoms with E-state index in [0.717, 1.165) is 5.69 Å². The van der Waals surface area contributed by atoms with Gasteiger partial charge in [0.25, 0.3) is 0 Å². The Bertz CT molecular complexity index is 710. The molecule has 17 heavy (non-hydrogen) atoms. The highest BCUT2D eigenvalue weighted by Gasteiger charge is 2.09. The third-order valence-electron chi connectivity index (χ3n) is 2.51. The van der Waals surface area contributed by atoms with Gasteiger partial charge in [0.2, 0.25) is 0 Å². The second kappa shape index (κ2) is 3.48. The number of hydrogen-bond acceptors (Lipinski definition) is 4. The maximum Gasteiger partial charge on any atom is 0.323 e. The lowest BCUT2D eigenvalue weighted by Gasteiger charge is -2.08. The Hall–Kier alpha value is -2.57. The van der Waals surface area contributed by atoms with Gasteiger partial charge in [-0.1, -0.05) is 0 Å². The number of fused-ring (bicyclic) bond motifs is 1. The molecule has 0 atom stereocenters. The van der Waals surface area contributed by atoms with Crippen LogP contribution in [0.4, 0.5) is 0 Å². The topological polar surface area (TPSA) is 88.6 Å². The molecule has 0 saturated heterocycles. The van der Waals surface area contributed by atoms with E-state index in [9.17, 15) is 4.79 Å². The van der Waals surface area contributed by atoms with Crippen LogP contribution in [0.2, 0.25) is 0 Å². The van der Waals surface area contributed by atoms with Gasteiger partial charge in [0.05, 0.1) is 23.8 Å². The van der Waals surface area contributed by atoms with Crippen molar-refractivity contribution in [2.45, 2.75) is 0 Å². The number of ether oxygens (including phenoxy) is 1. The summed E-state index contributed by atoms with van der Waals surface area (Å²) in [5, 5.41) is 7.47. The van der Waals surface area contributed by atoms with Gasteiger partial charge in [-0.05, 0) is 6.07 Å². The number of H-pyrrole nitrogens is 2. The van der Waals surface area contributed by atoms with Gasteiger partial charge in [-0.25, -0.2) is 4.79 Å². The average molecular weight is 231 g/mol. The number of nitrogens with zero attached hydrogens (tertiary/aromatic N) is 3. The van der Waals surface area contributed by atoms with Crippen molar-refractivity contribution < 1.29 is 4.74 Å². The summed E-state index contributed by atoms with van der Waals surface area (Å²) in [6.45, 7) is 0. The van der Waals surface area contributed by atoms with Crippen LogP contribution in [0, 0.1) is 0 Å². The number of nitrogens with one attached hydrogen (secondary N) is 2. The fourth-order valence-corrected chi connectivity index (χ4v) is 1.74. The highest BCUT2D eigenvalue weighted by molar-refractivity contribution is 5.80. The Kier molecular flexibility index (Phi) is 1.97. The zero-order chi connectivity index (χ0) is 11.8. The average Bonchev–Trinajstić information content (AvgIpc) is 2.93. The predicted molar refractivity (Wildman–Crippen MR) is 60.4 cm³/mol. The smallest absolute Gasteiger partial charge is 0.323 e. The lowest BCUT2D eigenvalue weighted by molar-refractivity contribution is 0.413. The molecule has 2 heterocycles. The molecule has 7 nitrogen and oxygen atoms in total. The van der Waals surface area contributed by atoms with Gasteiger partial charge in [0, 0.05) is 6.07 Å². The number of aromatic nitrogens is 5. The number of hydrogen-bond donors (Lipinski definition) is 2. The predicted octanol–water partition coefficient (Wildman–Crippen LogP) is 0.446. The monoisotopic (exact) mass is 231 g/mol. The fourth-order valence-electron chi connectivity index (χ4n) is 1.74. The standard InChI is InChI=1S/C10H9N5O2/c1-17-9-3-7-6(13-10(16)14-7)2-8(9)15-4-11-12-5-15/h2-5H,1H3,(H2,13,14,16). The van der Waals surface area contributed by atoms with E-state index in [1.165, 1.54) is 0 Å². The molecule has 0 radical (unpaired) electrons. The summed E-state index contributed by atoms with van der Waals surface area (Å²) in [4.78, 5) is 16.6. The fraction of sp³-hybridized carbons (Fsp3) is 0.100. The zero-order valence-corrected chi connectivity index (χ0v) is 8.97. The first-order chi connectivity index (χ1) is 8.28. The molecule has 0 amide bonds. The molecule has 0 aliphatic heterocycles. The second-order valence-electron chi connectivity index (χ2n) is 3.52. The molecular formula is C10H9N5O2. The van der Waals surface area contributed by atoms with Crippen molar-refractivity contribution in [1.82, 2.24) is 24.7 Å². The van der Waals surface area contributed by atoms with Crippen molar-refractivity contribution in [3.8, 4) is 11.4 Å². The van der Waals surface area contributed by atoms with Gasteiger partial charge < -0.3 is 14.7 Å². The molecule has 3 aromatic rings. The van der Waals surface area contributed by atoms with Crippen LogP contribution in [0.25, 0.3) is 16.7 Å². The van der Waals surface area contributed by atoms with Crippen molar-refractivity contribution in [2.75, 3.05) is 7.11 Å². The van der Waals surface area contributed by atoms with Crippen molar-refractivity contribution in [3.63, 3.8) is 0 Å². The van der Waals surface area contributed by atoms with Gasteiger partial charge in [-0.3, -0.25) is 4.57 Å². The van der Waals surface area contributed by atoms with E-state index in [0.29, 0.717) is 16.8 Å². The summed E-state index contributed by atoms with van der Waals surface area (Å²) < 4.78 is 6.99. The minimum Gasteiger partial charge on any atom is -0.494 e. The van der Waals surface area contributed by atoms with E-state index in [2.05, 4.69) is 20.2 Å². The largest absolute Gasteiger partial charge is 0.494 e. The Morgan fingerprint density at radius 1 is 1.18 bits per heavy atom. The van der Waals surface area contributed by atoms with Crippen molar-refractivity contribution in [2.24, 2.45) is 0 Å². The SMILES string of the molecule is COc1cc2[nH]c(=O)[nH]c2cc1-n1cnnc1. The summed E-state index contributed by atoms with van der Waals surface area (Å²) in [7, 11) is 1.57. The summed E-state index contributed by atoms with van der Waals surface area (Å²) in [6.07, 6.45) is 3.13. The minimum atomic E-state index is -0.247. The zero-order valence-electron chi connectivity index (χ0n) is 8.97. The summed E-state index contributed by atoms with van der Waals surface area (Å²) in [5.74, 6) is 0.632. The van der Waals surface area contributed by atoms with Crippen LogP contribution < -0.4 is 10.4 Å². The molecule has 2 aromatic heterocycles. The molecule has 1 aromatic carbocycles. The van der Waals surface area contributed by atoms with Crippen molar-refractivity contribution in [3.05, 3.63) is 35.3 Å². The molecule has 86 valence electrons. The van der Waals surface area contributed by atoms with Crippen molar-refractivity contribution in [1.29, 1.82) is 0 Å². The molecule has 0 aliphatic rings. The van der Waals surface area contributed by atoms with Crippen LogP contribution >= 0.6 is 0 Å². The van der Waals surface area contributed by atoms with E-state index in [-0.39, 0.29) is 5.69 Å². The first-order valence-corrected chi connectivity index (χ1v) is 4.93. The summed E-state index contributed by atoms with van der Waals surface area (Å²) >= 11 is 0. The Labute approximate surface area is 95.1 Å². The van der Waals surface area contributed by atoms with Gasteiger partial charge in [0.15, 0.2) is 0 Å². The number of aromatic amines is 2. The van der Waals surface area contributed by atoms with Gasteiger partial charge in [-0.2, -0.15) is 0 Å². The molecule has 3 rings (SSSR count). The third-order valence-corrected chi connectivity index (χ3v) is 2.51. The number of rotatable bonds is 2. The van der Waals surface area contributed by atoms with Crippen LogP contribution in [-0.4, -0.2) is 31.8 Å². The number of imidazole rings is 1. The summed E-state index contributed by atoms with van der Waals surface area (Å²) in [6, 6.07) is 3.55. The molecular weight excluding hydrogens is 222 g/mol. The molecule has 0 unspecified atom stereocenters. The molecule has 7 heteroatoms. The highest BCUT2D eigenvalue weighted by Crippen LogP contribution is 2.26. The van der Waals surface area contributed by atoms with E-state index in [1.54, 1.807) is 36.5 Å². The van der Waals surface area contributed by atoms with E-state index in [4.69, 9.17) is 4.74 Å². The van der Waals surface area contributed by atoms with Crippen LogP contribution in [-0.2, 0) is 0 Å². The van der Waals surface area contributed by atoms with E-state index >= 15 is 0 Å². The first kappa shape index (κ1) is 9.64. The van der Waals surface area contributed by atoms with Crippen LogP contribution in [0.1, 0.15) is 0 Å². The van der Waals surface area contributed by atoms with E-state index in [1.807, 2.05) is 0 Å². The number of benzene rings is 1. The van der Waals surface area contributed by atoms with Gasteiger partial charge in [0.1, 0.15) is 18.4 Å². The van der Waals surface area contributed by atoms with Crippen LogP contribution in [0.5, 0.6) is 5.75 Å². The lowest BCUT2D eigenvalue weighted by atomic mass is 10.2. The van der Waals surface area contributed by atoms with Gasteiger partial charge in [-0.15, -0.1) is 10.2 Å². The maximum absolute atomic E-state index is 11.2. The van der Waals surface area contributed by atoms with Crippen LogP contribution in [0.3, 0.4) is 0 Å². The molecule has 0 spiro atoms. The Morgan fingerprint density at radius 2 is 1.82 bits per heavy atom. The highest BCUT2D eigenvalue weighted by atomic mass is 16.5. The van der Waals surface area contributed by atoms with E-state index < -0.39 is 0 Å². The van der Waals surface area contributed by atoms with Gasteiger partial charge >= 0.3 is 5.69 Å². The maximum atomic E-state index is 11.2. The molecule has 0 aliphatic carbocycles. The third kappa shape index (κ3) is 1.48. The molecule has 0 saturated carbocycles. The quantitative estimate of drug-likeness (QED) is 0.670. The summed E-state index contributed by atoms with van der Waals surface area (Å²) in [5.41, 5.74) is 1.92. The normalized spacial score (nSPS) is 10.9.